The van der Waals surface area contributed by atoms with Crippen LogP contribution in [0.1, 0.15) is 83.5 Å². The van der Waals surface area contributed by atoms with Crippen molar-refractivity contribution in [2.75, 3.05) is 27.2 Å². The largest absolute Gasteiger partial charge is 2.00 e. The summed E-state index contributed by atoms with van der Waals surface area (Å²) in [5.41, 5.74) is 20.1. The van der Waals surface area contributed by atoms with Gasteiger partial charge in [0, 0.05) is 95.2 Å². The summed E-state index contributed by atoms with van der Waals surface area (Å²) >= 11 is 0. The minimum absolute atomic E-state index is 0. The van der Waals surface area contributed by atoms with E-state index >= 15 is 0 Å². The SMILES string of the molecule is CCCC.CCN(C)C.CCN1C(=O)c2ccccc2C1=O.[Cu+2].[Cu+2].c1ccc2c(c1)-c1nc-2nc2[n-]c(nc3nc(nc4[cH-]c(n1)c1ccccc41)-c1ccccc1-3)c1ccccc21.c1ccc2c(c1)-c1nc-2nc2[n-]c(nc3nc(nc4[cH-]c(n1)c1ccccc41)-c1ccccc1-3)c1ccccc21.c1ccc2c(c1)C1=Nc3c4ccccc4c4n3C35n6c(c7ccccc7c6=NC6=[N+]3C(=N4)c3ccccc36)=NC2=[N+]15. The second-order valence-corrected chi connectivity index (χ2v) is 36.1. The number of hydrogen-bond donors (Lipinski definition) is 0. The van der Waals surface area contributed by atoms with Gasteiger partial charge in [0.05, 0.1) is 56.7 Å². The van der Waals surface area contributed by atoms with Crippen LogP contribution in [-0.2, 0) is 40.0 Å². The number of amides is 2. The summed E-state index contributed by atoms with van der Waals surface area (Å²) in [6, 6.07) is 109. The van der Waals surface area contributed by atoms with Crippen molar-refractivity contribution in [2.45, 2.75) is 46.4 Å². The second-order valence-electron chi connectivity index (χ2n) is 36.1. The van der Waals surface area contributed by atoms with Crippen LogP contribution in [0.15, 0.2) is 348 Å². The number of rotatable bonds is 3. The van der Waals surface area contributed by atoms with E-state index in [-0.39, 0.29) is 46.0 Å². The Morgan fingerprint density at radius 2 is 0.510 bits per heavy atom. The van der Waals surface area contributed by atoms with Crippen LogP contribution >= 0.6 is 0 Å². The van der Waals surface area contributed by atoms with E-state index < -0.39 is 5.91 Å². The molecule has 1 spiro atoms. The van der Waals surface area contributed by atoms with Crippen LogP contribution in [0.2, 0.25) is 0 Å². The summed E-state index contributed by atoms with van der Waals surface area (Å²) in [7, 11) is 4.11. The number of fused-ring (bicyclic) bond motifs is 53. The van der Waals surface area contributed by atoms with Gasteiger partial charge in [-0.25, -0.2) is 19.9 Å². The summed E-state index contributed by atoms with van der Waals surface area (Å²) in [5, 5.41) is 12.0. The van der Waals surface area contributed by atoms with Crippen molar-refractivity contribution < 1.29 is 52.9 Å². The van der Waals surface area contributed by atoms with Crippen molar-refractivity contribution in [1.29, 1.82) is 0 Å². The Morgan fingerprint density at radius 3 is 0.779 bits per heavy atom. The zero-order valence-corrected chi connectivity index (χ0v) is 80.5. The van der Waals surface area contributed by atoms with Gasteiger partial charge in [0.25, 0.3) is 35.2 Å². The average Bonchev–Trinajstić information content (AvgIpc) is 1.46. The predicted octanol–water partition coefficient (Wildman–Crippen LogP) is 21.2. The molecule has 0 saturated carbocycles. The molecule has 700 valence electrons. The smallest absolute Gasteiger partial charge is 0.357 e. The molecule has 11 aliphatic heterocycles. The predicted molar refractivity (Wildman–Crippen MR) is 558 cm³/mol. The fourth-order valence-electron chi connectivity index (χ4n) is 20.6. The van der Waals surface area contributed by atoms with Crippen LogP contribution < -0.4 is 20.9 Å². The Morgan fingerprint density at radius 1 is 0.276 bits per heavy atom. The van der Waals surface area contributed by atoms with Crippen molar-refractivity contribution in [3.8, 4) is 91.1 Å². The van der Waals surface area contributed by atoms with Crippen LogP contribution in [0.3, 0.4) is 0 Å². The van der Waals surface area contributed by atoms with Crippen LogP contribution in [0, 0.1) is 0 Å². The molecule has 2 radical (unpaired) electrons. The van der Waals surface area contributed by atoms with Gasteiger partial charge in [-0.05, 0) is 132 Å². The van der Waals surface area contributed by atoms with Gasteiger partial charge in [0.1, 0.15) is 0 Å². The topological polar surface area (TPSA) is 289 Å². The van der Waals surface area contributed by atoms with Crippen molar-refractivity contribution in [1.82, 2.24) is 88.7 Å². The molecule has 2 amide bonds. The first-order chi connectivity index (χ1) is 70.4. The third-order valence-corrected chi connectivity index (χ3v) is 27.7. The molecule has 11 aliphatic rings. The number of hydrogen-bond acceptors (Lipinski definition) is 19. The number of nitrogens with zero attached hydrogens (tertiary/aromatic N) is 24. The molecular formula is C117H80Cu2N24O2+2. The van der Waals surface area contributed by atoms with Crippen LogP contribution in [0.5, 0.6) is 0 Å². The maximum absolute atomic E-state index is 11.5. The molecule has 6 aromatic heterocycles. The molecular weight excluding hydrogens is 1900 g/mol. The summed E-state index contributed by atoms with van der Waals surface area (Å²) in [4.78, 5) is 118. The molecule has 21 aromatic rings. The average molecular weight is 1980 g/mol. The van der Waals surface area contributed by atoms with Gasteiger partial charge < -0.3 is 34.8 Å². The molecule has 0 aliphatic carbocycles. The third-order valence-electron chi connectivity index (χ3n) is 27.7. The molecule has 17 heterocycles. The zero-order chi connectivity index (χ0) is 95.7. The van der Waals surface area contributed by atoms with Gasteiger partial charge in [-0.1, -0.05) is 284 Å². The van der Waals surface area contributed by atoms with Crippen LogP contribution in [0.25, 0.3) is 200 Å². The molecule has 0 atom stereocenters. The zero-order valence-electron chi connectivity index (χ0n) is 78.7. The molecule has 0 fully saturated rings. The van der Waals surface area contributed by atoms with E-state index in [1.54, 1.807) is 31.2 Å². The summed E-state index contributed by atoms with van der Waals surface area (Å²) < 4.78 is 9.32. The number of aromatic nitrogens is 16. The molecule has 16 bridgehead atoms. The van der Waals surface area contributed by atoms with E-state index in [9.17, 15) is 9.59 Å². The maximum Gasteiger partial charge on any atom is 2.00 e. The quantitative estimate of drug-likeness (QED) is 0.0687. The standard InChI is InChI=1S/C33H16N8.2C33H17N7.C10H9NO2.C4H11N.C4H10.2Cu/c1-2-10-18-17(9-1)25-34-27-19-11-3-4-12-20(19)29-36-31-23-15-7-8-16-24(23)32-37-30-22-14-6-5-13-21(22)28-35-26(18)38(25)33(39(27)29,40(28)30)41(31)32;2*1-2-10-19-18(9-1)26-17-27(19)35-29-21-12-4-6-14-23(21)31(37-29)39-33-25-16-8-7-15-24(25)32(40-33)38-30-22-13-5-3-11-20(22)28(34-26)36-30;1-2-11-9(12)7-5-3-4-6-8(7)10(11)13;1-4-5(2)3;1-3-4-2;;/h1-16H;2*1-17H;3-6H,2H2,1H3;4H2,1-3H3;3-4H2,1-2H3;;/q+2;2*-2;;;;2*+2. The summed E-state index contributed by atoms with van der Waals surface area (Å²) in [5.74, 6) is 8.89. The number of amidine groups is 4. The molecule has 32 rings (SSSR count). The van der Waals surface area contributed by atoms with Crippen molar-refractivity contribution >= 4 is 156 Å². The van der Waals surface area contributed by atoms with Gasteiger partial charge in [0.2, 0.25) is 22.6 Å². The van der Waals surface area contributed by atoms with Crippen molar-refractivity contribution in [3.05, 3.63) is 372 Å². The van der Waals surface area contributed by atoms with E-state index in [0.717, 1.165) is 206 Å². The monoisotopic (exact) mass is 1980 g/mol. The Labute approximate surface area is 848 Å². The van der Waals surface area contributed by atoms with E-state index in [4.69, 9.17) is 89.7 Å². The molecule has 0 unspecified atom stereocenters. The Balaban J connectivity index is 0.000000102. The maximum atomic E-state index is 11.5. The molecule has 0 saturated heterocycles. The Kier molecular flexibility index (Phi) is 21.3. The van der Waals surface area contributed by atoms with Crippen LogP contribution in [0.4, 0.5) is 11.6 Å². The molecule has 15 aromatic carbocycles. The van der Waals surface area contributed by atoms with Crippen molar-refractivity contribution in [2.24, 2.45) is 20.0 Å². The molecule has 28 heteroatoms. The molecule has 0 N–H and O–H groups in total. The normalized spacial score (nSPS) is 13.7. The molecule has 145 heavy (non-hydrogen) atoms. The number of unbranched alkanes of at least 4 members (excludes halogenated alkanes) is 1. The van der Waals surface area contributed by atoms with Crippen molar-refractivity contribution in [3.63, 3.8) is 0 Å². The number of imide groups is 1. The van der Waals surface area contributed by atoms with Gasteiger partial charge in [-0.15, -0.1) is 67.1 Å². The third kappa shape index (κ3) is 13.6. The number of aliphatic imine (C=N–C) groups is 2. The van der Waals surface area contributed by atoms with Gasteiger partial charge >= 0.3 is 40.0 Å². The van der Waals surface area contributed by atoms with E-state index in [2.05, 4.69) is 179 Å². The fraction of sp³-hybridized carbons (Fsp3) is 0.0940. The number of carbonyl (C=O) groups is 2. The summed E-state index contributed by atoms with van der Waals surface area (Å²) in [6.07, 6.45) is 2.64. The molecule has 26 nitrogen and oxygen atoms in total. The van der Waals surface area contributed by atoms with Gasteiger partial charge in [0.15, 0.2) is 23.3 Å². The first-order valence-electron chi connectivity index (χ1n) is 47.9. The number of carbonyl (C=O) groups excluding carboxylic acids is 2. The summed E-state index contributed by atoms with van der Waals surface area (Å²) in [6.45, 7) is 9.86. The first-order valence-corrected chi connectivity index (χ1v) is 47.9. The van der Waals surface area contributed by atoms with E-state index in [1.807, 2.05) is 182 Å². The van der Waals surface area contributed by atoms with Gasteiger partial charge in [-0.3, -0.25) is 34.4 Å². The minimum Gasteiger partial charge on any atom is -0.357 e. The Bertz CT molecular complexity index is 8720. The second kappa shape index (κ2) is 34.9. The van der Waals surface area contributed by atoms with Crippen LogP contribution in [-0.4, -0.2) is 150 Å². The van der Waals surface area contributed by atoms with E-state index in [1.165, 1.54) is 17.7 Å². The fourth-order valence-corrected chi connectivity index (χ4v) is 20.6. The number of benzene rings is 13. The van der Waals surface area contributed by atoms with Gasteiger partial charge in [-0.2, -0.15) is 9.13 Å². The minimum atomic E-state index is -0.923. The first kappa shape index (κ1) is 88.6. The van der Waals surface area contributed by atoms with E-state index in [0.29, 0.717) is 86.9 Å². The Hall–Kier alpha value is -17.8.